The molecule has 37 heavy (non-hydrogen) atoms. The fraction of sp³-hybridized carbons (Fsp3) is 0.483. The lowest BCUT2D eigenvalue weighted by Crippen LogP contribution is -2.53. The summed E-state index contributed by atoms with van der Waals surface area (Å²) in [5.74, 6) is -0.998. The molecule has 0 aliphatic carbocycles. The molecule has 3 unspecified atom stereocenters. The van der Waals surface area contributed by atoms with Crippen LogP contribution in [0.15, 0.2) is 36.4 Å². The Labute approximate surface area is 225 Å². The highest BCUT2D eigenvalue weighted by atomic mass is 35.5. The average Bonchev–Trinajstić information content (AvgIpc) is 2.80. The lowest BCUT2D eigenvalue weighted by atomic mass is 9.95. The van der Waals surface area contributed by atoms with Crippen molar-refractivity contribution in [2.75, 3.05) is 12.4 Å². The quantitative estimate of drug-likeness (QED) is 0.417. The molecular formula is C29H40ClN3O4. The first kappa shape index (κ1) is 30.2. The van der Waals surface area contributed by atoms with E-state index >= 15 is 0 Å². The van der Waals surface area contributed by atoms with Crippen LogP contribution in [0.25, 0.3) is 0 Å². The molecule has 0 saturated heterocycles. The maximum Gasteiger partial charge on any atom is 0.408 e. The first-order chi connectivity index (χ1) is 17.2. The Kier molecular flexibility index (Phi) is 10.2. The van der Waals surface area contributed by atoms with Crippen LogP contribution in [0.2, 0.25) is 5.02 Å². The monoisotopic (exact) mass is 529 g/mol. The predicted octanol–water partition coefficient (Wildman–Crippen LogP) is 6.34. The van der Waals surface area contributed by atoms with Crippen LogP contribution in [0, 0.1) is 26.7 Å². The molecule has 0 aromatic heterocycles. The normalized spacial score (nSPS) is 13.8. The minimum Gasteiger partial charge on any atom is -0.444 e. The summed E-state index contributed by atoms with van der Waals surface area (Å²) in [5.41, 5.74) is 3.31. The zero-order chi connectivity index (χ0) is 28.1. The Morgan fingerprint density at radius 2 is 1.68 bits per heavy atom. The Morgan fingerprint density at radius 1 is 1.03 bits per heavy atom. The molecule has 0 heterocycles. The Morgan fingerprint density at radius 3 is 2.22 bits per heavy atom. The molecule has 0 radical (unpaired) electrons. The Bertz CT molecular complexity index is 1120. The smallest absolute Gasteiger partial charge is 0.408 e. The molecule has 0 saturated carbocycles. The van der Waals surface area contributed by atoms with Gasteiger partial charge in [0, 0.05) is 7.05 Å². The van der Waals surface area contributed by atoms with E-state index in [0.717, 1.165) is 16.7 Å². The van der Waals surface area contributed by atoms with Crippen molar-refractivity contribution in [2.45, 2.75) is 79.5 Å². The van der Waals surface area contributed by atoms with E-state index in [1.54, 1.807) is 33.9 Å². The van der Waals surface area contributed by atoms with Crippen molar-refractivity contribution in [3.05, 3.63) is 63.7 Å². The molecular weight excluding hydrogens is 490 g/mol. The lowest BCUT2D eigenvalue weighted by molar-refractivity contribution is -0.140. The van der Waals surface area contributed by atoms with E-state index in [0.29, 0.717) is 22.7 Å². The van der Waals surface area contributed by atoms with Crippen molar-refractivity contribution in [3.8, 4) is 0 Å². The molecule has 2 N–H and O–H groups in total. The number of carbonyl (C=O) groups is 3. The van der Waals surface area contributed by atoms with Gasteiger partial charge in [0.2, 0.25) is 5.91 Å². The Hall–Kier alpha value is -3.06. The molecule has 3 atom stereocenters. The van der Waals surface area contributed by atoms with Gasteiger partial charge in [-0.3, -0.25) is 9.59 Å². The van der Waals surface area contributed by atoms with Crippen molar-refractivity contribution in [1.82, 2.24) is 10.2 Å². The standard InChI is InChI=1S/C29H40ClN3O4/c1-10-17(2)24(32-28(36)37-29(6,7)8)27(35)33(9)25(21-15-14-18(3)20(5)16-21)26(34)31-23-19(4)12-11-13-22(23)30/h11-17,24-25H,10H2,1-9H3,(H,31,34)(H,32,36). The third-order valence-corrected chi connectivity index (χ3v) is 6.77. The highest BCUT2D eigenvalue weighted by Crippen LogP contribution is 2.30. The van der Waals surface area contributed by atoms with E-state index in [1.165, 1.54) is 4.90 Å². The number of hydrogen-bond donors (Lipinski definition) is 2. The van der Waals surface area contributed by atoms with Gasteiger partial charge >= 0.3 is 6.09 Å². The van der Waals surface area contributed by atoms with Crippen LogP contribution < -0.4 is 10.6 Å². The maximum atomic E-state index is 13.9. The maximum absolute atomic E-state index is 13.9. The van der Waals surface area contributed by atoms with Gasteiger partial charge < -0.3 is 20.3 Å². The van der Waals surface area contributed by atoms with Crippen molar-refractivity contribution < 1.29 is 19.1 Å². The third-order valence-electron chi connectivity index (χ3n) is 6.45. The minimum atomic E-state index is -0.963. The molecule has 0 aliphatic rings. The summed E-state index contributed by atoms with van der Waals surface area (Å²) in [6.45, 7) is 14.9. The van der Waals surface area contributed by atoms with Gasteiger partial charge in [-0.25, -0.2) is 4.79 Å². The summed E-state index contributed by atoms with van der Waals surface area (Å²) in [7, 11) is 1.58. The highest BCUT2D eigenvalue weighted by molar-refractivity contribution is 6.34. The fourth-order valence-corrected chi connectivity index (χ4v) is 4.20. The molecule has 2 rings (SSSR count). The number of benzene rings is 2. The number of hydrogen-bond acceptors (Lipinski definition) is 4. The van der Waals surface area contributed by atoms with Crippen LogP contribution >= 0.6 is 11.6 Å². The van der Waals surface area contributed by atoms with Crippen LogP contribution in [0.3, 0.4) is 0 Å². The van der Waals surface area contributed by atoms with Crippen LogP contribution in [0.5, 0.6) is 0 Å². The molecule has 202 valence electrons. The SMILES string of the molecule is CCC(C)C(NC(=O)OC(C)(C)C)C(=O)N(C)C(C(=O)Nc1c(C)cccc1Cl)c1ccc(C)c(C)c1. The lowest BCUT2D eigenvalue weighted by Gasteiger charge is -2.34. The van der Waals surface area contributed by atoms with E-state index in [-0.39, 0.29) is 5.92 Å². The number of ether oxygens (including phenoxy) is 1. The van der Waals surface area contributed by atoms with Crippen molar-refractivity contribution >= 4 is 35.2 Å². The van der Waals surface area contributed by atoms with Gasteiger partial charge in [-0.05, 0) is 75.8 Å². The van der Waals surface area contributed by atoms with Crippen LogP contribution in [-0.2, 0) is 14.3 Å². The summed E-state index contributed by atoms with van der Waals surface area (Å²) < 4.78 is 5.40. The summed E-state index contributed by atoms with van der Waals surface area (Å²) in [5, 5.41) is 6.07. The third kappa shape index (κ3) is 7.96. The molecule has 0 aliphatic heterocycles. The van der Waals surface area contributed by atoms with Gasteiger partial charge in [0.15, 0.2) is 0 Å². The van der Waals surface area contributed by atoms with E-state index in [9.17, 15) is 14.4 Å². The number of nitrogens with one attached hydrogen (secondary N) is 2. The van der Waals surface area contributed by atoms with Crippen molar-refractivity contribution in [2.24, 2.45) is 5.92 Å². The zero-order valence-corrected chi connectivity index (χ0v) is 24.1. The second-order valence-electron chi connectivity index (χ2n) is 10.6. The molecule has 0 bridgehead atoms. The van der Waals surface area contributed by atoms with Gasteiger partial charge in [0.05, 0.1) is 10.7 Å². The summed E-state index contributed by atoms with van der Waals surface area (Å²) in [6.07, 6.45) is -0.0438. The summed E-state index contributed by atoms with van der Waals surface area (Å²) in [4.78, 5) is 41.6. The van der Waals surface area contributed by atoms with Crippen LogP contribution in [-0.4, -0.2) is 41.5 Å². The number of para-hydroxylation sites is 1. The number of anilines is 1. The molecule has 8 heteroatoms. The van der Waals surface area contributed by atoms with Crippen molar-refractivity contribution in [3.63, 3.8) is 0 Å². The number of amides is 3. The fourth-order valence-electron chi connectivity index (χ4n) is 3.93. The Balaban J connectivity index is 2.48. The second-order valence-corrected chi connectivity index (χ2v) is 11.0. The van der Waals surface area contributed by atoms with Gasteiger partial charge in [0.25, 0.3) is 5.91 Å². The molecule has 2 aromatic carbocycles. The largest absolute Gasteiger partial charge is 0.444 e. The first-order valence-electron chi connectivity index (χ1n) is 12.6. The number of alkyl carbamates (subject to hydrolysis) is 1. The number of carbonyl (C=O) groups excluding carboxylic acids is 3. The number of nitrogens with zero attached hydrogens (tertiary/aromatic N) is 1. The summed E-state index contributed by atoms with van der Waals surface area (Å²) in [6, 6.07) is 9.19. The highest BCUT2D eigenvalue weighted by Gasteiger charge is 2.36. The topological polar surface area (TPSA) is 87.7 Å². The molecule has 0 fully saturated rings. The molecule has 3 amide bonds. The van der Waals surface area contributed by atoms with E-state index in [4.69, 9.17) is 16.3 Å². The molecule has 0 spiro atoms. The second kappa shape index (κ2) is 12.5. The van der Waals surface area contributed by atoms with E-state index in [2.05, 4.69) is 10.6 Å². The zero-order valence-electron chi connectivity index (χ0n) is 23.4. The van der Waals surface area contributed by atoms with Crippen molar-refractivity contribution in [1.29, 1.82) is 0 Å². The minimum absolute atomic E-state index is 0.197. The van der Waals surface area contributed by atoms with E-state index < -0.39 is 35.6 Å². The van der Waals surface area contributed by atoms with Crippen LogP contribution in [0.4, 0.5) is 10.5 Å². The number of rotatable bonds is 8. The van der Waals surface area contributed by atoms with Crippen LogP contribution in [0.1, 0.15) is 69.3 Å². The van der Waals surface area contributed by atoms with Gasteiger partial charge in [-0.1, -0.05) is 62.2 Å². The van der Waals surface area contributed by atoms with Gasteiger partial charge in [-0.15, -0.1) is 0 Å². The molecule has 7 nitrogen and oxygen atoms in total. The van der Waals surface area contributed by atoms with Gasteiger partial charge in [0.1, 0.15) is 17.7 Å². The number of likely N-dealkylation sites (N-methyl/N-ethyl adjacent to an activating group) is 1. The van der Waals surface area contributed by atoms with Gasteiger partial charge in [-0.2, -0.15) is 0 Å². The molecule has 2 aromatic rings. The average molecular weight is 530 g/mol. The summed E-state index contributed by atoms with van der Waals surface area (Å²) >= 11 is 6.38. The number of halogens is 1. The van der Waals surface area contributed by atoms with E-state index in [1.807, 2.05) is 65.0 Å². The first-order valence-corrected chi connectivity index (χ1v) is 12.9. The predicted molar refractivity (Wildman–Crippen MR) is 149 cm³/mol. The number of aryl methyl sites for hydroxylation is 3.